The van der Waals surface area contributed by atoms with Crippen LogP contribution in [0.5, 0.6) is 0 Å². The van der Waals surface area contributed by atoms with Crippen LogP contribution in [0.15, 0.2) is 42.7 Å². The van der Waals surface area contributed by atoms with Gasteiger partial charge in [0.2, 0.25) is 0 Å². The Kier molecular flexibility index (Phi) is 5.12. The van der Waals surface area contributed by atoms with E-state index in [0.29, 0.717) is 37.7 Å². The van der Waals surface area contributed by atoms with Crippen LogP contribution in [0.25, 0.3) is 5.69 Å². The highest BCUT2D eigenvalue weighted by molar-refractivity contribution is 5.98. The number of carbonyl (C=O) groups is 1. The Morgan fingerprint density at radius 3 is 2.30 bits per heavy atom. The molecule has 0 unspecified atom stereocenters. The van der Waals surface area contributed by atoms with E-state index in [9.17, 15) is 18.7 Å². The Balaban J connectivity index is 1.33. The minimum Gasteiger partial charge on any atom is -0.384 e. The van der Waals surface area contributed by atoms with E-state index in [2.05, 4.69) is 15.2 Å². The molecule has 1 aromatic carbocycles. The van der Waals surface area contributed by atoms with E-state index < -0.39 is 17.2 Å². The molecule has 0 bridgehead atoms. The molecule has 5 rings (SSSR count). The predicted octanol–water partition coefficient (Wildman–Crippen LogP) is 2.38. The van der Waals surface area contributed by atoms with Gasteiger partial charge >= 0.3 is 0 Å². The summed E-state index contributed by atoms with van der Waals surface area (Å²) in [6.07, 6.45) is 2.95. The molecular weight excluding hydrogens is 430 g/mol. The highest BCUT2D eigenvalue weighted by Gasteiger charge is 2.43. The van der Waals surface area contributed by atoms with Crippen molar-refractivity contribution in [2.75, 3.05) is 31.1 Å². The molecule has 8 nitrogen and oxygen atoms in total. The van der Waals surface area contributed by atoms with Gasteiger partial charge in [-0.15, -0.1) is 0 Å². The number of fused-ring (bicyclic) bond motifs is 1. The summed E-state index contributed by atoms with van der Waals surface area (Å²) in [7, 11) is 0. The number of aliphatic hydroxyl groups is 1. The first-order valence-corrected chi connectivity index (χ1v) is 10.8. The van der Waals surface area contributed by atoms with Gasteiger partial charge in [0.1, 0.15) is 40.0 Å². The Hall–Kier alpha value is -3.40. The SMILES string of the molecule is CC(C)(O)c1nc(N2C[C@H]3CN(C(=O)c4c(F)cccc4-n4nccn4)C[C@H]3C2)ccc1F. The van der Waals surface area contributed by atoms with Crippen molar-refractivity contribution >= 4 is 11.7 Å². The van der Waals surface area contributed by atoms with Crippen LogP contribution in [0.1, 0.15) is 29.9 Å². The van der Waals surface area contributed by atoms with Crippen LogP contribution in [0.4, 0.5) is 14.6 Å². The number of likely N-dealkylation sites (tertiary alicyclic amines) is 1. The zero-order valence-electron chi connectivity index (χ0n) is 18.3. The van der Waals surface area contributed by atoms with E-state index in [1.54, 1.807) is 17.0 Å². The van der Waals surface area contributed by atoms with Crippen LogP contribution in [0.2, 0.25) is 0 Å². The first kappa shape index (κ1) is 21.4. The van der Waals surface area contributed by atoms with Gasteiger partial charge in [0, 0.05) is 38.0 Å². The summed E-state index contributed by atoms with van der Waals surface area (Å²) in [6, 6.07) is 7.34. The topological polar surface area (TPSA) is 87.4 Å². The highest BCUT2D eigenvalue weighted by atomic mass is 19.1. The molecule has 2 saturated heterocycles. The third-order valence-electron chi connectivity index (χ3n) is 6.35. The van der Waals surface area contributed by atoms with Crippen LogP contribution in [-0.2, 0) is 5.60 Å². The Morgan fingerprint density at radius 1 is 1.00 bits per heavy atom. The molecule has 10 heteroatoms. The van der Waals surface area contributed by atoms with Crippen molar-refractivity contribution in [3.63, 3.8) is 0 Å². The third-order valence-corrected chi connectivity index (χ3v) is 6.35. The molecule has 2 aliphatic heterocycles. The maximum atomic E-state index is 14.7. The van der Waals surface area contributed by atoms with E-state index in [4.69, 9.17) is 0 Å². The van der Waals surface area contributed by atoms with E-state index in [1.165, 1.54) is 49.2 Å². The summed E-state index contributed by atoms with van der Waals surface area (Å²) < 4.78 is 28.8. The molecule has 2 aliphatic rings. The second-order valence-corrected chi connectivity index (χ2v) is 9.15. The highest BCUT2D eigenvalue weighted by Crippen LogP contribution is 2.35. The predicted molar refractivity (Wildman–Crippen MR) is 116 cm³/mol. The molecule has 0 radical (unpaired) electrons. The maximum absolute atomic E-state index is 14.7. The first-order valence-electron chi connectivity index (χ1n) is 10.8. The van der Waals surface area contributed by atoms with Gasteiger partial charge in [-0.3, -0.25) is 4.79 Å². The van der Waals surface area contributed by atoms with Crippen LogP contribution in [-0.4, -0.2) is 62.1 Å². The van der Waals surface area contributed by atoms with Gasteiger partial charge in [0.25, 0.3) is 5.91 Å². The monoisotopic (exact) mass is 454 g/mol. The lowest BCUT2D eigenvalue weighted by Gasteiger charge is -2.25. The Bertz CT molecular complexity index is 1180. The standard InChI is InChI=1S/C23H24F2N6O2/c1-23(2,33)21-17(25)6-7-19(28-21)29-10-14-12-30(13-15(14)11-29)22(32)20-16(24)4-3-5-18(20)31-26-8-9-27-31/h3-9,14-15,33H,10-13H2,1-2H3/t14-,15+. The number of pyridine rings is 1. The lowest BCUT2D eigenvalue weighted by atomic mass is 10.0. The summed E-state index contributed by atoms with van der Waals surface area (Å²) in [6.45, 7) is 5.26. The summed E-state index contributed by atoms with van der Waals surface area (Å²) in [5.41, 5.74) is -1.12. The van der Waals surface area contributed by atoms with E-state index in [-0.39, 0.29) is 29.0 Å². The number of aromatic nitrogens is 4. The lowest BCUT2D eigenvalue weighted by molar-refractivity contribution is 0.0694. The van der Waals surface area contributed by atoms with Crippen molar-refractivity contribution in [1.82, 2.24) is 24.9 Å². The molecule has 0 saturated carbocycles. The largest absolute Gasteiger partial charge is 0.384 e. The average molecular weight is 454 g/mol. The van der Waals surface area contributed by atoms with Crippen molar-refractivity contribution < 1.29 is 18.7 Å². The number of carbonyl (C=O) groups excluding carboxylic acids is 1. The fourth-order valence-corrected chi connectivity index (χ4v) is 4.77. The minimum absolute atomic E-state index is 0.00757. The molecule has 33 heavy (non-hydrogen) atoms. The number of hydrogen-bond donors (Lipinski definition) is 1. The minimum atomic E-state index is -1.39. The molecule has 172 valence electrons. The normalized spacial score (nSPS) is 20.4. The molecule has 1 amide bonds. The summed E-state index contributed by atoms with van der Waals surface area (Å²) in [5, 5.41) is 18.3. The smallest absolute Gasteiger partial charge is 0.259 e. The molecule has 1 N–H and O–H groups in total. The fraction of sp³-hybridized carbons (Fsp3) is 0.391. The number of anilines is 1. The molecule has 2 aromatic heterocycles. The van der Waals surface area contributed by atoms with Gasteiger partial charge in [0.05, 0.1) is 12.4 Å². The van der Waals surface area contributed by atoms with E-state index in [0.717, 1.165) is 0 Å². The van der Waals surface area contributed by atoms with Crippen molar-refractivity contribution in [2.45, 2.75) is 19.4 Å². The second kappa shape index (κ2) is 7.87. The quantitative estimate of drug-likeness (QED) is 0.652. The number of halogens is 2. The van der Waals surface area contributed by atoms with Crippen molar-refractivity contribution in [1.29, 1.82) is 0 Å². The van der Waals surface area contributed by atoms with Gasteiger partial charge in [-0.1, -0.05) is 6.07 Å². The molecule has 0 aliphatic carbocycles. The van der Waals surface area contributed by atoms with Gasteiger partial charge in [0.15, 0.2) is 0 Å². The first-order chi connectivity index (χ1) is 15.7. The molecule has 2 fully saturated rings. The molecular formula is C23H24F2N6O2. The third kappa shape index (κ3) is 3.84. The number of hydrogen-bond acceptors (Lipinski definition) is 6. The summed E-state index contributed by atoms with van der Waals surface area (Å²) in [4.78, 5) is 22.6. The maximum Gasteiger partial charge on any atom is 0.259 e. The Labute approximate surface area is 189 Å². The van der Waals surface area contributed by atoms with E-state index >= 15 is 0 Å². The molecule has 0 spiro atoms. The van der Waals surface area contributed by atoms with Crippen LogP contribution in [0, 0.1) is 23.5 Å². The zero-order chi connectivity index (χ0) is 23.3. The van der Waals surface area contributed by atoms with Crippen molar-refractivity contribution in [3.05, 3.63) is 65.6 Å². The number of amides is 1. The van der Waals surface area contributed by atoms with E-state index in [1.807, 2.05) is 4.90 Å². The molecule has 2 atom stereocenters. The molecule has 3 aromatic rings. The number of benzene rings is 1. The fourth-order valence-electron chi connectivity index (χ4n) is 4.77. The van der Waals surface area contributed by atoms with Gasteiger partial charge in [-0.05, 0) is 38.1 Å². The van der Waals surface area contributed by atoms with Gasteiger partial charge in [-0.25, -0.2) is 13.8 Å². The van der Waals surface area contributed by atoms with Crippen LogP contribution in [0.3, 0.4) is 0 Å². The molecule has 4 heterocycles. The second-order valence-electron chi connectivity index (χ2n) is 9.15. The summed E-state index contributed by atoms with van der Waals surface area (Å²) >= 11 is 0. The average Bonchev–Trinajstić information content (AvgIpc) is 3.49. The van der Waals surface area contributed by atoms with Crippen molar-refractivity contribution in [3.8, 4) is 5.69 Å². The number of nitrogens with zero attached hydrogens (tertiary/aromatic N) is 6. The summed E-state index contributed by atoms with van der Waals surface area (Å²) in [5.74, 6) is -0.570. The Morgan fingerprint density at radius 2 is 1.67 bits per heavy atom. The van der Waals surface area contributed by atoms with Crippen molar-refractivity contribution in [2.24, 2.45) is 11.8 Å². The van der Waals surface area contributed by atoms with Gasteiger partial charge < -0.3 is 14.9 Å². The van der Waals surface area contributed by atoms with Crippen LogP contribution < -0.4 is 4.90 Å². The lowest BCUT2D eigenvalue weighted by Crippen LogP contribution is -2.35. The van der Waals surface area contributed by atoms with Crippen LogP contribution >= 0.6 is 0 Å². The zero-order valence-corrected chi connectivity index (χ0v) is 18.3. The van der Waals surface area contributed by atoms with Gasteiger partial charge in [-0.2, -0.15) is 15.0 Å². The number of rotatable bonds is 4.